The van der Waals surface area contributed by atoms with Gasteiger partial charge >= 0.3 is 0 Å². The molecule has 2 nitrogen and oxygen atoms in total. The summed E-state index contributed by atoms with van der Waals surface area (Å²) in [6, 6.07) is 10.4. The number of nitrogens with one attached hydrogen (secondary N) is 1. The molecule has 0 saturated heterocycles. The molecule has 2 rings (SSSR count). The third kappa shape index (κ3) is 2.07. The monoisotopic (exact) mass is 218 g/mol. The maximum atomic E-state index is 4.59. The van der Waals surface area contributed by atoms with Crippen molar-refractivity contribution in [3.05, 3.63) is 35.9 Å². The lowest BCUT2D eigenvalue weighted by molar-refractivity contribution is 1.27. The molecule has 0 radical (unpaired) electrons. The van der Waals surface area contributed by atoms with Crippen LogP contribution < -0.4 is 5.32 Å². The number of hydrogen-bond acceptors (Lipinski definition) is 3. The third-order valence-electron chi connectivity index (χ3n) is 2.34. The molecule has 0 saturated carbocycles. The van der Waals surface area contributed by atoms with Gasteiger partial charge in [0, 0.05) is 23.8 Å². The van der Waals surface area contributed by atoms with Crippen LogP contribution in [0.1, 0.15) is 5.56 Å². The van der Waals surface area contributed by atoms with Gasteiger partial charge in [-0.05, 0) is 18.4 Å². The zero-order valence-electron chi connectivity index (χ0n) is 8.95. The number of fused-ring (bicyclic) bond motifs is 1. The van der Waals surface area contributed by atoms with E-state index in [1.807, 2.05) is 37.0 Å². The van der Waals surface area contributed by atoms with Crippen molar-refractivity contribution in [3.63, 3.8) is 0 Å². The summed E-state index contributed by atoms with van der Waals surface area (Å²) in [5.41, 5.74) is 2.32. The maximum Gasteiger partial charge on any atom is 0.130 e. The van der Waals surface area contributed by atoms with Crippen LogP contribution in [0.3, 0.4) is 0 Å². The number of benzene rings is 1. The largest absolute Gasteiger partial charge is 0.373 e. The summed E-state index contributed by atoms with van der Waals surface area (Å²) in [4.78, 5) is 4.59. The van der Waals surface area contributed by atoms with Crippen LogP contribution in [0.2, 0.25) is 0 Å². The predicted octanol–water partition coefficient (Wildman–Crippen LogP) is 3.14. The first-order valence-corrected chi connectivity index (χ1v) is 6.30. The van der Waals surface area contributed by atoms with Crippen LogP contribution >= 0.6 is 11.8 Å². The summed E-state index contributed by atoms with van der Waals surface area (Å²) in [7, 11) is 1.92. The Morgan fingerprint density at radius 2 is 2.13 bits per heavy atom. The van der Waals surface area contributed by atoms with Gasteiger partial charge in [0.05, 0.1) is 5.52 Å². The summed E-state index contributed by atoms with van der Waals surface area (Å²) < 4.78 is 0. The maximum absolute atomic E-state index is 4.59. The first-order chi connectivity index (χ1) is 7.35. The van der Waals surface area contributed by atoms with E-state index in [0.29, 0.717) is 0 Å². The van der Waals surface area contributed by atoms with Crippen molar-refractivity contribution in [1.82, 2.24) is 4.98 Å². The minimum absolute atomic E-state index is 0.989. The Morgan fingerprint density at radius 3 is 2.87 bits per heavy atom. The van der Waals surface area contributed by atoms with Crippen LogP contribution in [0, 0.1) is 0 Å². The Labute approximate surface area is 94.1 Å². The number of hydrogen-bond donors (Lipinski definition) is 1. The second kappa shape index (κ2) is 4.53. The summed E-state index contributed by atoms with van der Waals surface area (Å²) in [5, 5.41) is 4.36. The molecule has 0 fully saturated rings. The van der Waals surface area contributed by atoms with Crippen LogP contribution in [0.15, 0.2) is 30.3 Å². The molecule has 0 aliphatic carbocycles. The molecular weight excluding hydrogens is 204 g/mol. The number of anilines is 1. The number of thioether (sulfide) groups is 1. The van der Waals surface area contributed by atoms with E-state index < -0.39 is 0 Å². The standard InChI is InChI=1S/C12H14N2S/c1-13-12-10(8-15-2)7-9-5-3-4-6-11(9)14-12/h3-7H,8H2,1-2H3,(H,13,14). The fourth-order valence-electron chi connectivity index (χ4n) is 1.64. The van der Waals surface area contributed by atoms with Crippen molar-refractivity contribution in [3.8, 4) is 0 Å². The van der Waals surface area contributed by atoms with E-state index in [4.69, 9.17) is 0 Å². The smallest absolute Gasteiger partial charge is 0.130 e. The highest BCUT2D eigenvalue weighted by atomic mass is 32.2. The molecule has 0 aliphatic rings. The lowest BCUT2D eigenvalue weighted by atomic mass is 10.1. The molecule has 0 atom stereocenters. The van der Waals surface area contributed by atoms with Gasteiger partial charge in [-0.15, -0.1) is 0 Å². The number of aromatic nitrogens is 1. The van der Waals surface area contributed by atoms with Crippen molar-refractivity contribution < 1.29 is 0 Å². The molecule has 1 heterocycles. The molecule has 0 amide bonds. The van der Waals surface area contributed by atoms with Crippen molar-refractivity contribution in [1.29, 1.82) is 0 Å². The lowest BCUT2D eigenvalue weighted by Crippen LogP contribution is -1.98. The Bertz CT molecular complexity index is 468. The van der Waals surface area contributed by atoms with Crippen molar-refractivity contribution >= 4 is 28.5 Å². The first-order valence-electron chi connectivity index (χ1n) is 4.90. The van der Waals surface area contributed by atoms with E-state index >= 15 is 0 Å². The molecule has 1 N–H and O–H groups in total. The highest BCUT2D eigenvalue weighted by Gasteiger charge is 2.04. The molecule has 3 heteroatoms. The minimum Gasteiger partial charge on any atom is -0.373 e. The van der Waals surface area contributed by atoms with E-state index in [1.165, 1.54) is 10.9 Å². The number of pyridine rings is 1. The predicted molar refractivity (Wildman–Crippen MR) is 68.5 cm³/mol. The van der Waals surface area contributed by atoms with Gasteiger partial charge < -0.3 is 5.32 Å². The van der Waals surface area contributed by atoms with E-state index in [2.05, 4.69) is 28.7 Å². The quantitative estimate of drug-likeness (QED) is 0.856. The van der Waals surface area contributed by atoms with Gasteiger partial charge in [0.25, 0.3) is 0 Å². The van der Waals surface area contributed by atoms with Crippen LogP contribution in [-0.4, -0.2) is 18.3 Å². The van der Waals surface area contributed by atoms with Crippen LogP contribution in [0.4, 0.5) is 5.82 Å². The highest BCUT2D eigenvalue weighted by molar-refractivity contribution is 7.97. The molecule has 15 heavy (non-hydrogen) atoms. The van der Waals surface area contributed by atoms with E-state index in [0.717, 1.165) is 17.1 Å². The first kappa shape index (κ1) is 10.3. The Balaban J connectivity index is 2.58. The number of nitrogens with zero attached hydrogens (tertiary/aromatic N) is 1. The van der Waals surface area contributed by atoms with Gasteiger partial charge in [0.15, 0.2) is 0 Å². The summed E-state index contributed by atoms with van der Waals surface area (Å²) in [6.45, 7) is 0. The van der Waals surface area contributed by atoms with Crippen LogP contribution in [0.25, 0.3) is 10.9 Å². The fourth-order valence-corrected chi connectivity index (χ4v) is 2.17. The van der Waals surface area contributed by atoms with Crippen molar-refractivity contribution in [2.45, 2.75) is 5.75 Å². The zero-order valence-corrected chi connectivity index (χ0v) is 9.77. The van der Waals surface area contributed by atoms with Crippen LogP contribution in [0.5, 0.6) is 0 Å². The molecular formula is C12H14N2S. The average Bonchev–Trinajstić information content (AvgIpc) is 2.28. The third-order valence-corrected chi connectivity index (χ3v) is 2.94. The average molecular weight is 218 g/mol. The van der Waals surface area contributed by atoms with E-state index in [1.54, 1.807) is 0 Å². The molecule has 2 aromatic rings. The number of para-hydroxylation sites is 1. The van der Waals surface area contributed by atoms with Gasteiger partial charge in [-0.3, -0.25) is 0 Å². The Hall–Kier alpha value is -1.22. The van der Waals surface area contributed by atoms with Gasteiger partial charge in [0.1, 0.15) is 5.82 Å². The minimum atomic E-state index is 0.989. The van der Waals surface area contributed by atoms with E-state index in [9.17, 15) is 0 Å². The summed E-state index contributed by atoms with van der Waals surface area (Å²) in [5.74, 6) is 1.98. The van der Waals surface area contributed by atoms with Gasteiger partial charge in [0.2, 0.25) is 0 Å². The molecule has 0 spiro atoms. The Morgan fingerprint density at radius 1 is 1.33 bits per heavy atom. The molecule has 1 aromatic carbocycles. The second-order valence-electron chi connectivity index (χ2n) is 3.37. The topological polar surface area (TPSA) is 24.9 Å². The summed E-state index contributed by atoms with van der Waals surface area (Å²) in [6.07, 6.45) is 2.11. The fraction of sp³-hybridized carbons (Fsp3) is 0.250. The van der Waals surface area contributed by atoms with Gasteiger partial charge in [-0.1, -0.05) is 18.2 Å². The lowest BCUT2D eigenvalue weighted by Gasteiger charge is -2.08. The van der Waals surface area contributed by atoms with Crippen LogP contribution in [-0.2, 0) is 5.75 Å². The van der Waals surface area contributed by atoms with Gasteiger partial charge in [-0.25, -0.2) is 4.98 Å². The SMILES string of the molecule is CNc1nc2ccccc2cc1CSC. The highest BCUT2D eigenvalue weighted by Crippen LogP contribution is 2.22. The molecule has 1 aromatic heterocycles. The van der Waals surface area contributed by atoms with E-state index in [-0.39, 0.29) is 0 Å². The van der Waals surface area contributed by atoms with Crippen molar-refractivity contribution in [2.75, 3.05) is 18.6 Å². The molecule has 0 unspecified atom stereocenters. The second-order valence-corrected chi connectivity index (χ2v) is 4.24. The normalized spacial score (nSPS) is 10.5. The van der Waals surface area contributed by atoms with Gasteiger partial charge in [-0.2, -0.15) is 11.8 Å². The van der Waals surface area contributed by atoms with Crippen molar-refractivity contribution in [2.24, 2.45) is 0 Å². The summed E-state index contributed by atoms with van der Waals surface area (Å²) >= 11 is 1.81. The zero-order chi connectivity index (χ0) is 10.7. The Kier molecular flexibility index (Phi) is 3.11. The molecule has 78 valence electrons. The molecule has 0 aliphatic heterocycles. The molecule has 0 bridgehead atoms. The number of rotatable bonds is 3.